The van der Waals surface area contributed by atoms with E-state index in [0.717, 1.165) is 28.7 Å². The fraction of sp³-hybridized carbons (Fsp3) is 0.115. The lowest BCUT2D eigenvalue weighted by Gasteiger charge is -2.09. The third kappa shape index (κ3) is 5.86. The number of pyridine rings is 1. The molecule has 0 atom stereocenters. The average Bonchev–Trinajstić information content (AvgIpc) is 3.22. The van der Waals surface area contributed by atoms with Crippen molar-refractivity contribution < 1.29 is 23.8 Å². The van der Waals surface area contributed by atoms with Gasteiger partial charge >= 0.3 is 5.97 Å². The molecule has 0 aliphatic rings. The van der Waals surface area contributed by atoms with Crippen LogP contribution in [0.4, 0.5) is 0 Å². The molecule has 4 rings (SSSR count). The molecule has 0 aliphatic carbocycles. The summed E-state index contributed by atoms with van der Waals surface area (Å²) in [5, 5.41) is 8.82. The molecule has 0 bridgehead atoms. The van der Waals surface area contributed by atoms with Gasteiger partial charge in [0.1, 0.15) is 30.4 Å². The molecule has 0 radical (unpaired) electrons. The van der Waals surface area contributed by atoms with Crippen molar-refractivity contribution in [2.24, 2.45) is 0 Å². The predicted octanol–water partition coefficient (Wildman–Crippen LogP) is 5.30. The summed E-state index contributed by atoms with van der Waals surface area (Å²) in [6.45, 7) is 2.45. The lowest BCUT2D eigenvalue weighted by atomic mass is 10.2. The Morgan fingerprint density at radius 1 is 1.00 bits per heavy atom. The molecule has 0 aliphatic heterocycles. The standard InChI is InChI=1S/C26H22N2O5/c1-18-23(28-26(33-18)20-6-3-2-4-7-20)17-31-22-12-9-19(10-13-22)16-32-25-21(8-5-15-27-25)11-14-24(29)30/h2-15H,16-17H2,1H3,(H,29,30). The monoisotopic (exact) mass is 442 g/mol. The lowest BCUT2D eigenvalue weighted by molar-refractivity contribution is -0.131. The zero-order chi connectivity index (χ0) is 23.0. The first-order chi connectivity index (χ1) is 16.1. The van der Waals surface area contributed by atoms with Crippen LogP contribution in [0.1, 0.15) is 22.6 Å². The highest BCUT2D eigenvalue weighted by Crippen LogP contribution is 2.23. The van der Waals surface area contributed by atoms with Crippen molar-refractivity contribution in [1.29, 1.82) is 0 Å². The van der Waals surface area contributed by atoms with Gasteiger partial charge in [-0.3, -0.25) is 0 Å². The summed E-state index contributed by atoms with van der Waals surface area (Å²) in [6.07, 6.45) is 4.10. The number of aryl methyl sites for hydroxylation is 1. The molecule has 33 heavy (non-hydrogen) atoms. The molecular formula is C26H22N2O5. The molecule has 4 aromatic rings. The molecule has 0 unspecified atom stereocenters. The van der Waals surface area contributed by atoms with Crippen molar-refractivity contribution in [3.05, 3.63) is 102 Å². The highest BCUT2D eigenvalue weighted by Gasteiger charge is 2.12. The van der Waals surface area contributed by atoms with Crippen LogP contribution in [0.5, 0.6) is 11.6 Å². The molecule has 0 saturated heterocycles. The number of carboxylic acids is 1. The van der Waals surface area contributed by atoms with Crippen LogP contribution in [0, 0.1) is 6.92 Å². The number of oxazole rings is 1. The van der Waals surface area contributed by atoms with E-state index in [-0.39, 0.29) is 6.61 Å². The Bertz CT molecular complexity index is 1250. The molecule has 1 N–H and O–H groups in total. The van der Waals surface area contributed by atoms with E-state index >= 15 is 0 Å². The van der Waals surface area contributed by atoms with Crippen molar-refractivity contribution in [3.63, 3.8) is 0 Å². The van der Waals surface area contributed by atoms with Crippen molar-refractivity contribution >= 4 is 12.0 Å². The highest BCUT2D eigenvalue weighted by molar-refractivity contribution is 5.85. The minimum absolute atomic E-state index is 0.286. The number of hydrogen-bond donors (Lipinski definition) is 1. The molecular weight excluding hydrogens is 420 g/mol. The Morgan fingerprint density at radius 3 is 2.55 bits per heavy atom. The molecule has 7 nitrogen and oxygen atoms in total. The first kappa shape index (κ1) is 21.8. The van der Waals surface area contributed by atoms with Gasteiger partial charge in [-0.2, -0.15) is 0 Å². The topological polar surface area (TPSA) is 94.7 Å². The number of aliphatic carboxylic acids is 1. The number of carboxylic acid groups (broad SMARTS) is 1. The zero-order valence-electron chi connectivity index (χ0n) is 18.0. The van der Waals surface area contributed by atoms with E-state index in [1.807, 2.05) is 61.5 Å². The first-order valence-corrected chi connectivity index (χ1v) is 10.3. The molecule has 0 fully saturated rings. The van der Waals surface area contributed by atoms with E-state index in [9.17, 15) is 4.79 Å². The quantitative estimate of drug-likeness (QED) is 0.351. The summed E-state index contributed by atoms with van der Waals surface area (Å²) in [5.74, 6) is 1.34. The second-order valence-corrected chi connectivity index (χ2v) is 7.18. The average molecular weight is 442 g/mol. The molecule has 0 saturated carbocycles. The van der Waals surface area contributed by atoms with E-state index < -0.39 is 5.97 Å². The Hall–Kier alpha value is -4.39. The molecule has 7 heteroatoms. The van der Waals surface area contributed by atoms with Crippen molar-refractivity contribution in [2.45, 2.75) is 20.1 Å². The Kier molecular flexibility index (Phi) is 6.80. The van der Waals surface area contributed by atoms with Gasteiger partial charge in [0.25, 0.3) is 0 Å². The second-order valence-electron chi connectivity index (χ2n) is 7.18. The summed E-state index contributed by atoms with van der Waals surface area (Å²) < 4.78 is 17.4. The SMILES string of the molecule is Cc1oc(-c2ccccc2)nc1COc1ccc(COc2ncccc2C=CC(=O)O)cc1. The van der Waals surface area contributed by atoms with Gasteiger partial charge in [-0.25, -0.2) is 14.8 Å². The van der Waals surface area contributed by atoms with E-state index in [1.54, 1.807) is 18.3 Å². The van der Waals surface area contributed by atoms with Gasteiger partial charge in [0.2, 0.25) is 11.8 Å². The van der Waals surface area contributed by atoms with Crippen molar-refractivity contribution in [1.82, 2.24) is 9.97 Å². The van der Waals surface area contributed by atoms with Crippen LogP contribution in [-0.4, -0.2) is 21.0 Å². The number of hydrogen-bond acceptors (Lipinski definition) is 6. The highest BCUT2D eigenvalue weighted by atomic mass is 16.5. The van der Waals surface area contributed by atoms with Crippen molar-refractivity contribution in [2.75, 3.05) is 0 Å². The Morgan fingerprint density at radius 2 is 1.79 bits per heavy atom. The molecule has 166 valence electrons. The maximum absolute atomic E-state index is 10.8. The van der Waals surface area contributed by atoms with E-state index in [2.05, 4.69) is 9.97 Å². The fourth-order valence-corrected chi connectivity index (χ4v) is 3.06. The van der Waals surface area contributed by atoms with Gasteiger partial charge in [0.15, 0.2) is 0 Å². The summed E-state index contributed by atoms with van der Waals surface area (Å²) in [4.78, 5) is 19.5. The van der Waals surface area contributed by atoms with Crippen LogP contribution in [-0.2, 0) is 18.0 Å². The third-order valence-corrected chi connectivity index (χ3v) is 4.79. The summed E-state index contributed by atoms with van der Waals surface area (Å²) >= 11 is 0. The number of nitrogens with zero attached hydrogens (tertiary/aromatic N) is 2. The van der Waals surface area contributed by atoms with Crippen LogP contribution < -0.4 is 9.47 Å². The van der Waals surface area contributed by atoms with Crippen LogP contribution in [0.15, 0.2) is 83.4 Å². The number of ether oxygens (including phenoxy) is 2. The van der Waals surface area contributed by atoms with Crippen LogP contribution >= 0.6 is 0 Å². The molecule has 0 amide bonds. The van der Waals surface area contributed by atoms with Gasteiger partial charge in [-0.05, 0) is 55.0 Å². The summed E-state index contributed by atoms with van der Waals surface area (Å²) in [7, 11) is 0. The van der Waals surface area contributed by atoms with Gasteiger partial charge < -0.3 is 19.0 Å². The number of aromatic nitrogens is 2. The Labute approximate surface area is 191 Å². The molecule has 2 aromatic heterocycles. The summed E-state index contributed by atoms with van der Waals surface area (Å²) in [5.41, 5.74) is 3.19. The fourth-order valence-electron chi connectivity index (χ4n) is 3.06. The predicted molar refractivity (Wildman–Crippen MR) is 123 cm³/mol. The van der Waals surface area contributed by atoms with Crippen LogP contribution in [0.3, 0.4) is 0 Å². The molecule has 2 heterocycles. The van der Waals surface area contributed by atoms with Gasteiger partial charge in [0, 0.05) is 23.4 Å². The summed E-state index contributed by atoms with van der Waals surface area (Å²) in [6, 6.07) is 20.7. The van der Waals surface area contributed by atoms with Crippen molar-refractivity contribution in [3.8, 4) is 23.1 Å². The normalized spacial score (nSPS) is 10.9. The van der Waals surface area contributed by atoms with Gasteiger partial charge in [0.05, 0.1) is 0 Å². The van der Waals surface area contributed by atoms with E-state index in [0.29, 0.717) is 29.7 Å². The van der Waals surface area contributed by atoms with E-state index in [1.165, 1.54) is 6.08 Å². The minimum atomic E-state index is -1.03. The number of carbonyl (C=O) groups is 1. The number of rotatable bonds is 9. The minimum Gasteiger partial charge on any atom is -0.487 e. The zero-order valence-corrected chi connectivity index (χ0v) is 18.0. The molecule has 0 spiro atoms. The first-order valence-electron chi connectivity index (χ1n) is 10.3. The third-order valence-electron chi connectivity index (χ3n) is 4.79. The second kappa shape index (κ2) is 10.3. The maximum Gasteiger partial charge on any atom is 0.328 e. The molecule has 2 aromatic carbocycles. The maximum atomic E-state index is 10.8. The Balaban J connectivity index is 1.34. The smallest absolute Gasteiger partial charge is 0.328 e. The van der Waals surface area contributed by atoms with Crippen LogP contribution in [0.2, 0.25) is 0 Å². The van der Waals surface area contributed by atoms with Gasteiger partial charge in [-0.1, -0.05) is 30.3 Å². The number of benzene rings is 2. The van der Waals surface area contributed by atoms with Crippen LogP contribution in [0.25, 0.3) is 17.5 Å². The largest absolute Gasteiger partial charge is 0.487 e. The van der Waals surface area contributed by atoms with E-state index in [4.69, 9.17) is 19.0 Å². The van der Waals surface area contributed by atoms with Gasteiger partial charge in [-0.15, -0.1) is 0 Å². The lowest BCUT2D eigenvalue weighted by Crippen LogP contribution is -2.00.